The quantitative estimate of drug-likeness (QED) is 0.247. The molecule has 4 heteroatoms. The molecule has 0 amide bonds. The largest absolute Gasteiger partial charge is 0.413 e. The van der Waals surface area contributed by atoms with Gasteiger partial charge < -0.3 is 13.9 Å². The van der Waals surface area contributed by atoms with Gasteiger partial charge in [-0.1, -0.05) is 39.0 Å². The first-order chi connectivity index (χ1) is 12.7. The first kappa shape index (κ1) is 21.9. The van der Waals surface area contributed by atoms with Crippen LogP contribution in [0.5, 0.6) is 0 Å². The molecule has 1 aliphatic carbocycles. The van der Waals surface area contributed by atoms with Crippen molar-refractivity contribution in [2.24, 2.45) is 11.8 Å². The van der Waals surface area contributed by atoms with Crippen LogP contribution < -0.4 is 0 Å². The topological polar surface area (TPSA) is 27.7 Å². The zero-order chi connectivity index (χ0) is 18.8. The molecule has 26 heavy (non-hydrogen) atoms. The lowest BCUT2D eigenvalue weighted by molar-refractivity contribution is -0.161. The summed E-state index contributed by atoms with van der Waals surface area (Å²) in [4.78, 5) is 0. The summed E-state index contributed by atoms with van der Waals surface area (Å²) < 4.78 is 18.3. The van der Waals surface area contributed by atoms with Crippen molar-refractivity contribution in [3.63, 3.8) is 0 Å². The summed E-state index contributed by atoms with van der Waals surface area (Å²) in [5.74, 6) is 1.03. The average molecular weight is 381 g/mol. The minimum Gasteiger partial charge on any atom is -0.413 e. The molecule has 0 aromatic rings. The molecule has 1 heterocycles. The molecule has 150 valence electrons. The fourth-order valence-electron chi connectivity index (χ4n) is 4.38. The Balaban J connectivity index is 1.85. The lowest BCUT2D eigenvalue weighted by Gasteiger charge is -2.34. The lowest BCUT2D eigenvalue weighted by Crippen LogP contribution is -2.41. The Morgan fingerprint density at radius 2 is 1.85 bits per heavy atom. The van der Waals surface area contributed by atoms with Crippen molar-refractivity contribution in [1.82, 2.24) is 0 Å². The third-order valence-electron chi connectivity index (χ3n) is 6.43. The van der Waals surface area contributed by atoms with E-state index in [4.69, 9.17) is 13.9 Å². The van der Waals surface area contributed by atoms with Crippen LogP contribution in [-0.2, 0) is 13.9 Å². The molecule has 1 aliphatic heterocycles. The first-order valence-corrected chi connectivity index (χ1v) is 13.4. The number of rotatable bonds is 11. The molecule has 2 aliphatic rings. The predicted octanol–water partition coefficient (Wildman–Crippen LogP) is 6.08. The lowest BCUT2D eigenvalue weighted by atomic mass is 9.94. The Bertz CT molecular complexity index is 419. The summed E-state index contributed by atoms with van der Waals surface area (Å²) in [7, 11) is -1.55. The molecule has 2 fully saturated rings. The molecule has 0 radical (unpaired) electrons. The van der Waals surface area contributed by atoms with Crippen LogP contribution in [0.2, 0.25) is 18.1 Å². The summed E-state index contributed by atoms with van der Waals surface area (Å²) in [6, 6.07) is 3.67. The second kappa shape index (κ2) is 11.4. The van der Waals surface area contributed by atoms with E-state index in [9.17, 15) is 0 Å². The minimum atomic E-state index is -1.55. The van der Waals surface area contributed by atoms with Crippen molar-refractivity contribution in [2.45, 2.75) is 89.8 Å². The third-order valence-corrected chi connectivity index (χ3v) is 11.1. The highest BCUT2D eigenvalue weighted by molar-refractivity contribution is 6.73. The molecular weight excluding hydrogens is 340 g/mol. The van der Waals surface area contributed by atoms with Crippen LogP contribution in [0, 0.1) is 11.8 Å². The summed E-state index contributed by atoms with van der Waals surface area (Å²) >= 11 is 0. The maximum atomic E-state index is 6.83. The van der Waals surface area contributed by atoms with Gasteiger partial charge in [-0.2, -0.15) is 0 Å². The van der Waals surface area contributed by atoms with Gasteiger partial charge in [0, 0.05) is 12.5 Å². The molecule has 3 nitrogen and oxygen atoms in total. The van der Waals surface area contributed by atoms with Gasteiger partial charge in [0.2, 0.25) is 0 Å². The molecule has 2 rings (SSSR count). The predicted molar refractivity (Wildman–Crippen MR) is 112 cm³/mol. The highest BCUT2D eigenvalue weighted by Gasteiger charge is 2.39. The van der Waals surface area contributed by atoms with Crippen molar-refractivity contribution in [3.05, 3.63) is 24.8 Å². The first-order valence-electron chi connectivity index (χ1n) is 10.9. The monoisotopic (exact) mass is 380 g/mol. The van der Waals surface area contributed by atoms with E-state index in [1.165, 1.54) is 43.8 Å². The van der Waals surface area contributed by atoms with Gasteiger partial charge >= 0.3 is 0 Å². The Labute approximate surface area is 162 Å². The van der Waals surface area contributed by atoms with Crippen LogP contribution in [0.25, 0.3) is 0 Å². The number of hydrogen-bond donors (Lipinski definition) is 0. The van der Waals surface area contributed by atoms with Gasteiger partial charge in [0.25, 0.3) is 0 Å². The molecule has 0 aromatic carbocycles. The van der Waals surface area contributed by atoms with Gasteiger partial charge in [0.05, 0.1) is 12.7 Å². The van der Waals surface area contributed by atoms with E-state index in [1.807, 2.05) is 0 Å². The highest BCUT2D eigenvalue weighted by Crippen LogP contribution is 2.39. The van der Waals surface area contributed by atoms with Gasteiger partial charge in [-0.3, -0.25) is 0 Å². The second-order valence-electron chi connectivity index (χ2n) is 7.84. The number of ether oxygens (including phenoxy) is 2. The van der Waals surface area contributed by atoms with Gasteiger partial charge in [0.1, 0.15) is 0 Å². The zero-order valence-corrected chi connectivity index (χ0v) is 18.3. The van der Waals surface area contributed by atoms with E-state index in [2.05, 4.69) is 45.6 Å². The van der Waals surface area contributed by atoms with Crippen molar-refractivity contribution < 1.29 is 13.9 Å². The zero-order valence-electron chi connectivity index (χ0n) is 17.3. The van der Waals surface area contributed by atoms with Crippen molar-refractivity contribution in [1.29, 1.82) is 0 Å². The van der Waals surface area contributed by atoms with Crippen LogP contribution in [-0.4, -0.2) is 33.9 Å². The van der Waals surface area contributed by atoms with Gasteiger partial charge in [0.15, 0.2) is 14.6 Å². The summed E-state index contributed by atoms with van der Waals surface area (Å²) in [5.41, 5.74) is 0. The van der Waals surface area contributed by atoms with E-state index in [0.717, 1.165) is 26.1 Å². The molecule has 0 N–H and O–H groups in total. The standard InChI is InChI=1S/C22H40O3Si/c1-5-19-15-16-21(25-26(6-2,7-3)8-4)20(19)13-9-11-17-23-22-14-10-12-18-24-22/h5,9,13,19-22H,1,6-8,10-12,14-18H2,2-4H3/b13-9-/t19-,20-,21+,22?/m0/s1. The Morgan fingerprint density at radius 1 is 1.08 bits per heavy atom. The van der Waals surface area contributed by atoms with Crippen LogP contribution in [0.1, 0.15) is 59.3 Å². The van der Waals surface area contributed by atoms with E-state index < -0.39 is 8.32 Å². The molecule has 1 unspecified atom stereocenters. The summed E-state index contributed by atoms with van der Waals surface area (Å²) in [6.45, 7) is 12.6. The van der Waals surface area contributed by atoms with Gasteiger partial charge in [-0.15, -0.1) is 6.58 Å². The smallest absolute Gasteiger partial charge is 0.192 e. The van der Waals surface area contributed by atoms with E-state index in [1.54, 1.807) is 0 Å². The maximum absolute atomic E-state index is 6.83. The van der Waals surface area contributed by atoms with E-state index >= 15 is 0 Å². The summed E-state index contributed by atoms with van der Waals surface area (Å²) in [6.07, 6.45) is 14.0. The number of hydrogen-bond acceptors (Lipinski definition) is 3. The van der Waals surface area contributed by atoms with E-state index in [-0.39, 0.29) is 6.29 Å². The fourth-order valence-corrected chi connectivity index (χ4v) is 7.30. The fraction of sp³-hybridized carbons (Fsp3) is 0.818. The average Bonchev–Trinajstić information content (AvgIpc) is 3.08. The van der Waals surface area contributed by atoms with Crippen LogP contribution >= 0.6 is 0 Å². The Morgan fingerprint density at radius 3 is 2.46 bits per heavy atom. The molecular formula is C22H40O3Si. The van der Waals surface area contributed by atoms with Crippen molar-refractivity contribution >= 4 is 8.32 Å². The molecule has 0 aromatic heterocycles. The van der Waals surface area contributed by atoms with Crippen LogP contribution in [0.3, 0.4) is 0 Å². The molecule has 0 bridgehead atoms. The van der Waals surface area contributed by atoms with Gasteiger partial charge in [-0.05, 0) is 62.6 Å². The molecule has 4 atom stereocenters. The Kier molecular flexibility index (Phi) is 9.61. The van der Waals surface area contributed by atoms with Gasteiger partial charge in [-0.25, -0.2) is 0 Å². The second-order valence-corrected chi connectivity index (χ2v) is 12.6. The normalized spacial score (nSPS) is 30.1. The summed E-state index contributed by atoms with van der Waals surface area (Å²) in [5, 5.41) is 0. The SMILES string of the molecule is C=C[C@H]1CC[C@@H](O[Si](CC)(CC)CC)[C@H]1/C=C\CCOC1CCCCO1. The third kappa shape index (κ3) is 6.05. The van der Waals surface area contributed by atoms with Crippen LogP contribution in [0.4, 0.5) is 0 Å². The maximum Gasteiger partial charge on any atom is 0.192 e. The van der Waals surface area contributed by atoms with Crippen molar-refractivity contribution in [3.8, 4) is 0 Å². The van der Waals surface area contributed by atoms with Crippen LogP contribution in [0.15, 0.2) is 24.8 Å². The highest BCUT2D eigenvalue weighted by atomic mass is 28.4. The van der Waals surface area contributed by atoms with Crippen molar-refractivity contribution in [2.75, 3.05) is 13.2 Å². The molecule has 1 saturated heterocycles. The molecule has 1 saturated carbocycles. The number of allylic oxidation sites excluding steroid dienone is 1. The Hall–Kier alpha value is -0.423. The van der Waals surface area contributed by atoms with E-state index in [0.29, 0.717) is 17.9 Å². The minimum absolute atomic E-state index is 0.0194. The molecule has 0 spiro atoms.